The number of oxime groups is 1. The highest BCUT2D eigenvalue weighted by atomic mass is 79.9. The van der Waals surface area contributed by atoms with E-state index in [-0.39, 0.29) is 11.8 Å². The zero-order valence-electron chi connectivity index (χ0n) is 15.0. The summed E-state index contributed by atoms with van der Waals surface area (Å²) in [6.07, 6.45) is 3.44. The van der Waals surface area contributed by atoms with Gasteiger partial charge in [0.05, 0.1) is 5.71 Å². The summed E-state index contributed by atoms with van der Waals surface area (Å²) in [5.41, 5.74) is 4.50. The van der Waals surface area contributed by atoms with E-state index in [2.05, 4.69) is 70.5 Å². The Hall–Kier alpha value is -1.94. The van der Waals surface area contributed by atoms with E-state index in [1.165, 1.54) is 16.7 Å². The molecule has 1 saturated carbocycles. The maximum Gasteiger partial charge on any atom is 0.132 e. The van der Waals surface area contributed by atoms with E-state index in [0.717, 1.165) is 23.0 Å². The first-order chi connectivity index (χ1) is 12.6. The quantitative estimate of drug-likeness (QED) is 0.378. The summed E-state index contributed by atoms with van der Waals surface area (Å²) in [7, 11) is 0. The largest absolute Gasteiger partial charge is 0.411 e. The first-order valence-corrected chi connectivity index (χ1v) is 9.91. The van der Waals surface area contributed by atoms with Gasteiger partial charge in [0.25, 0.3) is 0 Å². The third kappa shape index (κ3) is 4.42. The van der Waals surface area contributed by atoms with Crippen LogP contribution in [0.15, 0.2) is 58.2 Å². The summed E-state index contributed by atoms with van der Waals surface area (Å²) in [5.74, 6) is 0.648. The summed E-state index contributed by atoms with van der Waals surface area (Å²) in [5, 5.41) is 13.4. The monoisotopic (exact) mass is 413 g/mol. The predicted octanol–water partition coefficient (Wildman–Crippen LogP) is 5.87. The second-order valence-electron chi connectivity index (χ2n) is 7.07. The Balaban J connectivity index is 1.91. The van der Waals surface area contributed by atoms with Gasteiger partial charge < -0.3 is 5.21 Å². The van der Waals surface area contributed by atoms with Gasteiger partial charge in [0.15, 0.2) is 0 Å². The predicted molar refractivity (Wildman–Crippen MR) is 108 cm³/mol. The van der Waals surface area contributed by atoms with Crippen molar-refractivity contribution < 1.29 is 10.0 Å². The van der Waals surface area contributed by atoms with Crippen molar-refractivity contribution in [2.24, 2.45) is 11.1 Å². The lowest BCUT2D eigenvalue weighted by Crippen LogP contribution is -2.24. The molecule has 0 heterocycles. The zero-order chi connectivity index (χ0) is 18.5. The molecule has 1 atom stereocenters. The number of ketones is 1. The van der Waals surface area contributed by atoms with E-state index in [0.29, 0.717) is 25.0 Å². The molecule has 1 aliphatic rings. The Morgan fingerprint density at radius 3 is 2.42 bits per heavy atom. The standard InChI is InChI=1S/C22H24BrNO2/c1-15-4-2-3-5-20(15)21(16-6-10-18(23)11-7-16)14-22(24-26)17-8-12-19(25)13-9-17/h2-7,10-11,17,21,26H,8-9,12-14H2,1H3. The van der Waals surface area contributed by atoms with Crippen LogP contribution in [0.3, 0.4) is 0 Å². The average Bonchev–Trinajstić information content (AvgIpc) is 2.66. The van der Waals surface area contributed by atoms with Crippen molar-refractivity contribution >= 4 is 27.4 Å². The third-order valence-corrected chi connectivity index (χ3v) is 5.92. The molecule has 1 N–H and O–H groups in total. The maximum absolute atomic E-state index is 11.6. The number of aryl methyl sites for hydroxylation is 1. The lowest BCUT2D eigenvalue weighted by Gasteiger charge is -2.26. The van der Waals surface area contributed by atoms with Crippen LogP contribution in [0.4, 0.5) is 0 Å². The van der Waals surface area contributed by atoms with E-state index in [1.54, 1.807) is 0 Å². The molecule has 1 unspecified atom stereocenters. The molecule has 0 aromatic heterocycles. The molecule has 136 valence electrons. The fourth-order valence-electron chi connectivity index (χ4n) is 3.85. The molecule has 2 aromatic rings. The number of carbonyl (C=O) groups excluding carboxylic acids is 1. The van der Waals surface area contributed by atoms with Gasteiger partial charge in [-0.1, -0.05) is 57.5 Å². The Morgan fingerprint density at radius 2 is 1.81 bits per heavy atom. The fourth-order valence-corrected chi connectivity index (χ4v) is 4.12. The van der Waals surface area contributed by atoms with Gasteiger partial charge in [-0.3, -0.25) is 4.79 Å². The lowest BCUT2D eigenvalue weighted by molar-refractivity contribution is -0.120. The Morgan fingerprint density at radius 1 is 1.15 bits per heavy atom. The summed E-state index contributed by atoms with van der Waals surface area (Å²) in [4.78, 5) is 11.6. The smallest absolute Gasteiger partial charge is 0.132 e. The highest BCUT2D eigenvalue weighted by molar-refractivity contribution is 9.10. The molecule has 3 rings (SSSR count). The van der Waals surface area contributed by atoms with Gasteiger partial charge in [0, 0.05) is 35.6 Å². The Kier molecular flexibility index (Phi) is 6.25. The molecule has 1 aliphatic carbocycles. The molecule has 26 heavy (non-hydrogen) atoms. The van der Waals surface area contributed by atoms with Crippen molar-refractivity contribution in [2.45, 2.75) is 44.9 Å². The van der Waals surface area contributed by atoms with Gasteiger partial charge in [-0.2, -0.15) is 0 Å². The van der Waals surface area contributed by atoms with Gasteiger partial charge in [-0.15, -0.1) is 0 Å². The van der Waals surface area contributed by atoms with Crippen molar-refractivity contribution in [1.29, 1.82) is 0 Å². The summed E-state index contributed by atoms with van der Waals surface area (Å²) < 4.78 is 1.05. The van der Waals surface area contributed by atoms with Crippen LogP contribution in [0.2, 0.25) is 0 Å². The average molecular weight is 414 g/mol. The van der Waals surface area contributed by atoms with Crippen LogP contribution in [0.5, 0.6) is 0 Å². The molecule has 4 heteroatoms. The van der Waals surface area contributed by atoms with E-state index in [9.17, 15) is 10.0 Å². The minimum absolute atomic E-state index is 0.132. The van der Waals surface area contributed by atoms with Gasteiger partial charge in [0.1, 0.15) is 5.78 Å². The van der Waals surface area contributed by atoms with Crippen molar-refractivity contribution in [1.82, 2.24) is 0 Å². The Bertz CT molecular complexity index is 788. The number of hydrogen-bond donors (Lipinski definition) is 1. The molecule has 0 amide bonds. The van der Waals surface area contributed by atoms with Crippen molar-refractivity contribution in [2.75, 3.05) is 0 Å². The molecule has 0 saturated heterocycles. The van der Waals surface area contributed by atoms with Gasteiger partial charge in [0.2, 0.25) is 0 Å². The minimum atomic E-state index is 0.132. The second kappa shape index (κ2) is 8.63. The van der Waals surface area contributed by atoms with Crippen LogP contribution in [-0.2, 0) is 4.79 Å². The molecule has 0 radical (unpaired) electrons. The number of rotatable bonds is 5. The molecule has 1 fully saturated rings. The van der Waals surface area contributed by atoms with Crippen LogP contribution in [0, 0.1) is 12.8 Å². The van der Waals surface area contributed by atoms with Crippen molar-refractivity contribution in [3.8, 4) is 0 Å². The highest BCUT2D eigenvalue weighted by Gasteiger charge is 2.27. The summed E-state index contributed by atoms with van der Waals surface area (Å²) in [6.45, 7) is 2.12. The van der Waals surface area contributed by atoms with Crippen LogP contribution < -0.4 is 0 Å². The van der Waals surface area contributed by atoms with Gasteiger partial charge in [-0.25, -0.2) is 0 Å². The summed E-state index contributed by atoms with van der Waals surface area (Å²) >= 11 is 3.50. The lowest BCUT2D eigenvalue weighted by atomic mass is 9.78. The maximum atomic E-state index is 11.6. The minimum Gasteiger partial charge on any atom is -0.411 e. The van der Waals surface area contributed by atoms with Crippen LogP contribution in [-0.4, -0.2) is 16.7 Å². The number of nitrogens with zero attached hydrogens (tertiary/aromatic N) is 1. The van der Waals surface area contributed by atoms with E-state index >= 15 is 0 Å². The van der Waals surface area contributed by atoms with Crippen LogP contribution in [0.25, 0.3) is 0 Å². The van der Waals surface area contributed by atoms with Crippen molar-refractivity contribution in [3.63, 3.8) is 0 Å². The van der Waals surface area contributed by atoms with Crippen molar-refractivity contribution in [3.05, 3.63) is 69.7 Å². The SMILES string of the molecule is Cc1ccccc1C(CC(=NO)C1CCC(=O)CC1)c1ccc(Br)cc1. The molecule has 0 aliphatic heterocycles. The van der Waals surface area contributed by atoms with E-state index in [4.69, 9.17) is 0 Å². The summed E-state index contributed by atoms with van der Waals surface area (Å²) in [6, 6.07) is 16.7. The number of Topliss-reactive ketones (excluding diaryl/α,β-unsaturated/α-hetero) is 1. The van der Waals surface area contributed by atoms with E-state index < -0.39 is 0 Å². The molecule has 3 nitrogen and oxygen atoms in total. The fraction of sp³-hybridized carbons (Fsp3) is 0.364. The normalized spacial score (nSPS) is 17.3. The number of carbonyl (C=O) groups is 1. The van der Waals surface area contributed by atoms with Crippen LogP contribution >= 0.6 is 15.9 Å². The molecular weight excluding hydrogens is 390 g/mol. The molecule has 2 aromatic carbocycles. The first-order valence-electron chi connectivity index (χ1n) is 9.12. The second-order valence-corrected chi connectivity index (χ2v) is 7.98. The van der Waals surface area contributed by atoms with Gasteiger partial charge >= 0.3 is 0 Å². The zero-order valence-corrected chi connectivity index (χ0v) is 16.6. The molecular formula is C22H24BrNO2. The van der Waals surface area contributed by atoms with Crippen LogP contribution in [0.1, 0.15) is 54.7 Å². The highest BCUT2D eigenvalue weighted by Crippen LogP contribution is 2.34. The topological polar surface area (TPSA) is 49.7 Å². The number of hydrogen-bond acceptors (Lipinski definition) is 3. The molecule has 0 spiro atoms. The van der Waals surface area contributed by atoms with E-state index in [1.807, 2.05) is 6.07 Å². The third-order valence-electron chi connectivity index (χ3n) is 5.39. The Labute approximate surface area is 163 Å². The first kappa shape index (κ1) is 18.8. The molecule has 0 bridgehead atoms. The number of benzene rings is 2. The van der Waals surface area contributed by atoms with Gasteiger partial charge in [-0.05, 0) is 48.6 Å². The number of halogens is 1.